The van der Waals surface area contributed by atoms with Gasteiger partial charge in [0.05, 0.1) is 13.2 Å². The van der Waals surface area contributed by atoms with Crippen LogP contribution in [-0.2, 0) is 4.74 Å². The van der Waals surface area contributed by atoms with Crippen LogP contribution in [0, 0.1) is 11.8 Å². The molecule has 0 atom stereocenters. The van der Waals surface area contributed by atoms with E-state index in [4.69, 9.17) is 14.6 Å². The van der Waals surface area contributed by atoms with Crippen molar-refractivity contribution in [1.82, 2.24) is 4.90 Å². The van der Waals surface area contributed by atoms with Crippen LogP contribution in [0.5, 0.6) is 5.75 Å². The smallest absolute Gasteiger partial charge is 0.438 e. The molecule has 0 radical (unpaired) electrons. The fraction of sp³-hybridized carbons (Fsp3) is 0.417. The van der Waals surface area contributed by atoms with E-state index in [2.05, 4.69) is 0 Å². The first-order valence-electron chi connectivity index (χ1n) is 10.6. The number of likely N-dealkylation sites (N-methyl/N-ethyl adjacent to an activating group) is 1. The molecule has 1 N–H and O–H groups in total. The first-order chi connectivity index (χ1) is 16.5. The maximum Gasteiger partial charge on any atom is 0.438 e. The van der Waals surface area contributed by atoms with E-state index in [-0.39, 0.29) is 6.54 Å². The second kappa shape index (κ2) is 13.0. The van der Waals surface area contributed by atoms with E-state index in [0.717, 1.165) is 28.9 Å². The Labute approximate surface area is 203 Å². The predicted molar refractivity (Wildman–Crippen MR) is 122 cm³/mol. The molecule has 35 heavy (non-hydrogen) atoms. The maximum absolute atomic E-state index is 12.6. The van der Waals surface area contributed by atoms with Crippen molar-refractivity contribution in [2.45, 2.75) is 24.9 Å². The number of allylic oxidation sites excluding steroid dienone is 1. The lowest BCUT2D eigenvalue weighted by Crippen LogP contribution is -2.55. The molecular weight excluding hydrogens is 496 g/mol. The number of aliphatic hydroxyl groups is 1. The first kappa shape index (κ1) is 28.7. The molecule has 0 aliphatic heterocycles. The van der Waals surface area contributed by atoms with Gasteiger partial charge in [-0.05, 0) is 58.6 Å². The Kier molecular flexibility index (Phi) is 10.6. The number of rotatable bonds is 11. The highest BCUT2D eigenvalue weighted by Crippen LogP contribution is 2.42. The summed E-state index contributed by atoms with van der Waals surface area (Å²) in [6, 6.07) is 9.73. The highest BCUT2D eigenvalue weighted by Gasteiger charge is 2.70. The lowest BCUT2D eigenvalue weighted by molar-refractivity contribution is -0.343. The van der Waals surface area contributed by atoms with Gasteiger partial charge in [0.15, 0.2) is 0 Å². The third-order valence-corrected chi connectivity index (χ3v) is 5.51. The number of hydrogen-bond acceptors (Lipinski definition) is 5. The van der Waals surface area contributed by atoms with Crippen LogP contribution < -0.4 is 4.74 Å². The van der Waals surface area contributed by atoms with Crippen molar-refractivity contribution in [2.24, 2.45) is 0 Å². The molecule has 11 heteroatoms. The molecule has 0 saturated heterocycles. The van der Waals surface area contributed by atoms with Crippen LogP contribution in [0.15, 0.2) is 53.2 Å². The molecule has 0 aliphatic rings. The molecule has 4 nitrogen and oxygen atoms in total. The first-order valence-corrected chi connectivity index (χ1v) is 11.5. The summed E-state index contributed by atoms with van der Waals surface area (Å²) < 4.78 is 86.6. The van der Waals surface area contributed by atoms with Crippen molar-refractivity contribution < 1.29 is 40.9 Å². The van der Waals surface area contributed by atoms with E-state index in [1.807, 2.05) is 52.9 Å². The second-order valence-electron chi connectivity index (χ2n) is 7.27. The molecule has 192 valence electrons. The molecule has 0 unspecified atom stereocenters. The van der Waals surface area contributed by atoms with Gasteiger partial charge in [-0.1, -0.05) is 31.1 Å². The number of benzene rings is 1. The molecule has 1 aromatic carbocycles. The molecule has 0 bridgehead atoms. The van der Waals surface area contributed by atoms with Crippen molar-refractivity contribution in [2.75, 3.05) is 39.5 Å². The standard InChI is InChI=1S/C24H25F6NO3S/c1-2-31(11-5-3-4-10-22(32,23(25,26)27)24(28,29)30)12-13-33-14-15-34-21-8-6-7-19(17-21)20-9-16-35-18-20/h3,5-9,16-18,32H,2,11-15H2,1H3/b5-3+. The van der Waals surface area contributed by atoms with E-state index in [1.54, 1.807) is 17.3 Å². The third kappa shape index (κ3) is 8.58. The van der Waals surface area contributed by atoms with Crippen LogP contribution in [0.4, 0.5) is 26.3 Å². The van der Waals surface area contributed by atoms with E-state index in [0.29, 0.717) is 32.9 Å². The summed E-state index contributed by atoms with van der Waals surface area (Å²) >= 11 is 1.61. The van der Waals surface area contributed by atoms with Gasteiger partial charge in [0.1, 0.15) is 12.4 Å². The summed E-state index contributed by atoms with van der Waals surface area (Å²) in [5, 5.41) is 13.0. The van der Waals surface area contributed by atoms with Gasteiger partial charge in [0.2, 0.25) is 0 Å². The van der Waals surface area contributed by atoms with Crippen LogP contribution in [0.1, 0.15) is 6.92 Å². The van der Waals surface area contributed by atoms with E-state index in [1.165, 1.54) is 6.08 Å². The van der Waals surface area contributed by atoms with Gasteiger partial charge < -0.3 is 14.6 Å². The molecular formula is C24H25F6NO3S. The zero-order valence-corrected chi connectivity index (χ0v) is 19.6. The summed E-state index contributed by atoms with van der Waals surface area (Å²) in [6.07, 6.45) is -9.76. The number of hydrogen-bond donors (Lipinski definition) is 1. The Bertz CT molecular complexity index is 979. The van der Waals surface area contributed by atoms with Crippen LogP contribution in [0.25, 0.3) is 11.1 Å². The van der Waals surface area contributed by atoms with Gasteiger partial charge in [-0.15, -0.1) is 0 Å². The average Bonchev–Trinajstić information content (AvgIpc) is 3.33. The van der Waals surface area contributed by atoms with E-state index in [9.17, 15) is 26.3 Å². The van der Waals surface area contributed by atoms with Gasteiger partial charge >= 0.3 is 18.0 Å². The highest BCUT2D eigenvalue weighted by atomic mass is 32.1. The van der Waals surface area contributed by atoms with Crippen LogP contribution in [0.2, 0.25) is 0 Å². The van der Waals surface area contributed by atoms with Gasteiger partial charge in [-0.25, -0.2) is 0 Å². The molecule has 0 spiro atoms. The molecule has 1 heterocycles. The van der Waals surface area contributed by atoms with Gasteiger partial charge in [0, 0.05) is 13.1 Å². The topological polar surface area (TPSA) is 41.9 Å². The molecule has 1 aromatic heterocycles. The summed E-state index contributed by atoms with van der Waals surface area (Å²) in [7, 11) is 0. The zero-order valence-electron chi connectivity index (χ0n) is 18.8. The van der Waals surface area contributed by atoms with E-state index < -0.39 is 18.0 Å². The summed E-state index contributed by atoms with van der Waals surface area (Å²) in [4.78, 5) is 1.85. The van der Waals surface area contributed by atoms with Gasteiger partial charge in [-0.2, -0.15) is 37.7 Å². The summed E-state index contributed by atoms with van der Waals surface area (Å²) in [5.74, 6) is 3.23. The fourth-order valence-corrected chi connectivity index (χ4v) is 3.46. The van der Waals surface area contributed by atoms with Crippen molar-refractivity contribution in [3.05, 3.63) is 53.2 Å². The molecule has 0 aliphatic carbocycles. The molecule has 2 aromatic rings. The monoisotopic (exact) mass is 521 g/mol. The summed E-state index contributed by atoms with van der Waals surface area (Å²) in [6.45, 7) is 4.17. The minimum Gasteiger partial charge on any atom is -0.491 e. The molecule has 0 saturated carbocycles. The number of halogens is 6. The van der Waals surface area contributed by atoms with Crippen LogP contribution >= 0.6 is 11.3 Å². The Hall–Kier alpha value is -2.52. The minimum atomic E-state index is -5.96. The van der Waals surface area contributed by atoms with Crippen molar-refractivity contribution >= 4 is 11.3 Å². The van der Waals surface area contributed by atoms with Gasteiger partial charge in [0.25, 0.3) is 0 Å². The number of thiophene rings is 1. The van der Waals surface area contributed by atoms with Crippen molar-refractivity contribution in [3.8, 4) is 28.7 Å². The molecule has 0 fully saturated rings. The quantitative estimate of drug-likeness (QED) is 0.239. The SMILES string of the molecule is CCN(C/C=C/C#CC(O)(C(F)(F)F)C(F)(F)F)CCOCCOc1cccc(-c2ccsc2)c1. The van der Waals surface area contributed by atoms with Gasteiger partial charge in [-0.3, -0.25) is 4.90 Å². The second-order valence-corrected chi connectivity index (χ2v) is 8.05. The number of nitrogens with zero attached hydrogens (tertiary/aromatic N) is 1. The highest BCUT2D eigenvalue weighted by molar-refractivity contribution is 7.08. The number of ether oxygens (including phenoxy) is 2. The Morgan fingerprint density at radius 3 is 2.40 bits per heavy atom. The minimum absolute atomic E-state index is 0.233. The molecule has 2 rings (SSSR count). The van der Waals surface area contributed by atoms with Crippen molar-refractivity contribution in [3.63, 3.8) is 0 Å². The Morgan fingerprint density at radius 1 is 1.03 bits per heavy atom. The predicted octanol–water partition coefficient (Wildman–Crippen LogP) is 5.55. The average molecular weight is 522 g/mol. The van der Waals surface area contributed by atoms with Crippen LogP contribution in [0.3, 0.4) is 0 Å². The Morgan fingerprint density at radius 2 is 1.77 bits per heavy atom. The summed E-state index contributed by atoms with van der Waals surface area (Å²) in [5.41, 5.74) is -2.90. The molecule has 0 amide bonds. The lowest BCUT2D eigenvalue weighted by atomic mass is 10.0. The Balaban J connectivity index is 1.71. The van der Waals surface area contributed by atoms with Crippen molar-refractivity contribution in [1.29, 1.82) is 0 Å². The van der Waals surface area contributed by atoms with Crippen LogP contribution in [-0.4, -0.2) is 67.4 Å². The third-order valence-electron chi connectivity index (χ3n) is 4.82. The lowest BCUT2D eigenvalue weighted by Gasteiger charge is -2.27. The fourth-order valence-electron chi connectivity index (χ4n) is 2.80. The zero-order chi connectivity index (χ0) is 26.0. The maximum atomic E-state index is 12.6. The largest absolute Gasteiger partial charge is 0.491 e. The number of alkyl halides is 6. The normalized spacial score (nSPS) is 12.7. The van der Waals surface area contributed by atoms with E-state index >= 15 is 0 Å².